The second-order valence-electron chi connectivity index (χ2n) is 7.40. The number of hydrogen-bond acceptors (Lipinski definition) is 2. The van der Waals surface area contributed by atoms with E-state index in [4.69, 9.17) is 0 Å². The molecule has 2 aromatic carbocycles. The Kier molecular flexibility index (Phi) is 7.56. The summed E-state index contributed by atoms with van der Waals surface area (Å²) in [6.45, 7) is 9.90. The van der Waals surface area contributed by atoms with Crippen molar-refractivity contribution in [3.63, 3.8) is 0 Å². The molecule has 3 aromatic rings. The largest absolute Gasteiger partial charge is 0.390 e. The Morgan fingerprint density at radius 1 is 1.04 bits per heavy atom. The molecule has 0 saturated carbocycles. The molecule has 1 heterocycles. The van der Waals surface area contributed by atoms with Gasteiger partial charge in [0.15, 0.2) is 0 Å². The quantitative estimate of drug-likeness (QED) is 0.594. The minimum atomic E-state index is -0.536. The minimum absolute atomic E-state index is 0.151. The van der Waals surface area contributed by atoms with Gasteiger partial charge in [-0.15, -0.1) is 6.58 Å². The molecular weight excluding hydrogens is 332 g/mol. The number of rotatable bonds is 6. The number of aliphatic hydroxyl groups excluding tert-OH is 1. The summed E-state index contributed by atoms with van der Waals surface area (Å²) in [4.78, 5) is 4.31. The molecule has 2 atom stereocenters. The molecule has 0 aliphatic rings. The fourth-order valence-electron chi connectivity index (χ4n) is 3.06. The Balaban J connectivity index is 0.000000369. The van der Waals surface area contributed by atoms with Crippen molar-refractivity contribution in [3.8, 4) is 0 Å². The van der Waals surface area contributed by atoms with Crippen molar-refractivity contribution in [3.05, 3.63) is 103 Å². The molecule has 0 radical (unpaired) electrons. The van der Waals surface area contributed by atoms with Crippen LogP contribution in [0.3, 0.4) is 0 Å². The van der Waals surface area contributed by atoms with Crippen LogP contribution >= 0.6 is 0 Å². The van der Waals surface area contributed by atoms with Crippen molar-refractivity contribution in [1.29, 1.82) is 0 Å². The second-order valence-corrected chi connectivity index (χ2v) is 7.40. The van der Waals surface area contributed by atoms with Crippen LogP contribution in [0, 0.1) is 12.3 Å². The van der Waals surface area contributed by atoms with Crippen LogP contribution in [0.25, 0.3) is 0 Å². The highest BCUT2D eigenvalue weighted by Crippen LogP contribution is 2.36. The van der Waals surface area contributed by atoms with Gasteiger partial charge in [-0.05, 0) is 24.3 Å². The third-order valence-electron chi connectivity index (χ3n) is 4.63. The van der Waals surface area contributed by atoms with E-state index in [9.17, 15) is 5.11 Å². The first kappa shape index (κ1) is 20.7. The third kappa shape index (κ3) is 5.93. The lowest BCUT2D eigenvalue weighted by Crippen LogP contribution is -2.37. The van der Waals surface area contributed by atoms with E-state index in [0.29, 0.717) is 0 Å². The van der Waals surface area contributed by atoms with Gasteiger partial charge < -0.3 is 9.67 Å². The lowest BCUT2D eigenvalue weighted by Gasteiger charge is -2.36. The van der Waals surface area contributed by atoms with Crippen molar-refractivity contribution in [2.75, 3.05) is 0 Å². The number of aryl methyl sites for hydroxylation is 1. The predicted octanol–water partition coefficient (Wildman–Crippen LogP) is 5.43. The molecule has 1 N–H and O–H groups in total. The summed E-state index contributed by atoms with van der Waals surface area (Å²) in [6, 6.07) is 21.9. The summed E-state index contributed by atoms with van der Waals surface area (Å²) in [5.74, 6) is 0. The van der Waals surface area contributed by atoms with Gasteiger partial charge in [-0.1, -0.05) is 86.7 Å². The van der Waals surface area contributed by atoms with Crippen molar-refractivity contribution in [2.24, 2.45) is 5.41 Å². The third-order valence-corrected chi connectivity index (χ3v) is 4.63. The lowest BCUT2D eigenvalue weighted by atomic mass is 9.78. The molecule has 3 nitrogen and oxygen atoms in total. The number of aromatic nitrogens is 2. The molecule has 0 amide bonds. The maximum absolute atomic E-state index is 11.0. The number of hydrogen-bond donors (Lipinski definition) is 1. The summed E-state index contributed by atoms with van der Waals surface area (Å²) in [7, 11) is 0. The average molecular weight is 363 g/mol. The van der Waals surface area contributed by atoms with Crippen LogP contribution in [0.1, 0.15) is 37.6 Å². The first-order valence-corrected chi connectivity index (χ1v) is 9.29. The first-order chi connectivity index (χ1) is 13.0. The van der Waals surface area contributed by atoms with E-state index in [0.717, 1.165) is 17.7 Å². The molecule has 3 heteroatoms. The summed E-state index contributed by atoms with van der Waals surface area (Å²) < 4.78 is 2.00. The van der Waals surface area contributed by atoms with Gasteiger partial charge in [-0.25, -0.2) is 4.98 Å². The summed E-state index contributed by atoms with van der Waals surface area (Å²) >= 11 is 0. The van der Waals surface area contributed by atoms with E-state index in [-0.39, 0.29) is 11.5 Å². The van der Waals surface area contributed by atoms with Crippen LogP contribution in [0.2, 0.25) is 0 Å². The second kappa shape index (κ2) is 9.89. The smallest absolute Gasteiger partial charge is 0.0955 e. The standard InChI is InChI=1S/C18H24N2O.C6H6/c1-5-11-18(3,4)17(21)16(15-9-7-6-8-10-15)20-12-14(2)19-13-20;1-2-4-6-5-3-1/h5-10,12-13,16-17,21H,1,11H2,2-4H3;1-6H. The zero-order valence-electron chi connectivity index (χ0n) is 16.5. The van der Waals surface area contributed by atoms with Crippen molar-refractivity contribution in [2.45, 2.75) is 39.3 Å². The Morgan fingerprint density at radius 3 is 2.00 bits per heavy atom. The van der Waals surface area contributed by atoms with Crippen LogP contribution in [-0.4, -0.2) is 20.8 Å². The first-order valence-electron chi connectivity index (χ1n) is 9.29. The zero-order valence-corrected chi connectivity index (χ0v) is 16.5. The number of allylic oxidation sites excluding steroid dienone is 1. The average Bonchev–Trinajstić information content (AvgIpc) is 3.10. The van der Waals surface area contributed by atoms with Crippen LogP contribution in [0.4, 0.5) is 0 Å². The SMILES string of the molecule is C=CCC(C)(C)C(O)C(c1ccccc1)n1cnc(C)c1.c1ccccc1. The highest BCUT2D eigenvalue weighted by atomic mass is 16.3. The molecule has 0 aliphatic carbocycles. The molecule has 0 fully saturated rings. The van der Waals surface area contributed by atoms with Gasteiger partial charge in [0, 0.05) is 6.20 Å². The van der Waals surface area contributed by atoms with Crippen molar-refractivity contribution >= 4 is 0 Å². The summed E-state index contributed by atoms with van der Waals surface area (Å²) in [5.41, 5.74) is 1.77. The Labute approximate surface area is 163 Å². The highest BCUT2D eigenvalue weighted by molar-refractivity contribution is 5.22. The number of nitrogens with zero attached hydrogens (tertiary/aromatic N) is 2. The molecule has 27 heavy (non-hydrogen) atoms. The lowest BCUT2D eigenvalue weighted by molar-refractivity contribution is 0.0202. The van der Waals surface area contributed by atoms with Crippen molar-refractivity contribution in [1.82, 2.24) is 9.55 Å². The number of imidazole rings is 1. The van der Waals surface area contributed by atoms with Crippen LogP contribution < -0.4 is 0 Å². The molecule has 142 valence electrons. The van der Waals surface area contributed by atoms with E-state index in [1.807, 2.05) is 90.5 Å². The maximum Gasteiger partial charge on any atom is 0.0955 e. The van der Waals surface area contributed by atoms with E-state index < -0.39 is 6.10 Å². The monoisotopic (exact) mass is 362 g/mol. The Morgan fingerprint density at radius 2 is 1.56 bits per heavy atom. The van der Waals surface area contributed by atoms with Gasteiger partial charge in [0.2, 0.25) is 0 Å². The van der Waals surface area contributed by atoms with E-state index >= 15 is 0 Å². The van der Waals surface area contributed by atoms with E-state index in [1.165, 1.54) is 0 Å². The molecule has 0 bridgehead atoms. The van der Waals surface area contributed by atoms with Crippen LogP contribution in [0.5, 0.6) is 0 Å². The normalized spacial score (nSPS) is 13.2. The molecular formula is C24H30N2O. The number of benzene rings is 2. The summed E-state index contributed by atoms with van der Waals surface area (Å²) in [5, 5.41) is 11.0. The predicted molar refractivity (Wildman–Crippen MR) is 113 cm³/mol. The van der Waals surface area contributed by atoms with Gasteiger partial charge in [0.25, 0.3) is 0 Å². The summed E-state index contributed by atoms with van der Waals surface area (Å²) in [6.07, 6.45) is 5.85. The molecule has 0 aliphatic heterocycles. The van der Waals surface area contributed by atoms with E-state index in [2.05, 4.69) is 25.4 Å². The highest BCUT2D eigenvalue weighted by Gasteiger charge is 2.35. The van der Waals surface area contributed by atoms with Crippen LogP contribution in [-0.2, 0) is 0 Å². The zero-order chi connectivity index (χ0) is 19.7. The van der Waals surface area contributed by atoms with Crippen LogP contribution in [0.15, 0.2) is 91.9 Å². The molecule has 3 rings (SSSR count). The molecule has 0 saturated heterocycles. The van der Waals surface area contributed by atoms with Gasteiger partial charge in [0.1, 0.15) is 0 Å². The molecule has 1 aromatic heterocycles. The van der Waals surface area contributed by atoms with Gasteiger partial charge >= 0.3 is 0 Å². The fourth-order valence-corrected chi connectivity index (χ4v) is 3.06. The Hall–Kier alpha value is -2.65. The molecule has 0 spiro atoms. The van der Waals surface area contributed by atoms with E-state index in [1.54, 1.807) is 6.33 Å². The maximum atomic E-state index is 11.0. The van der Waals surface area contributed by atoms with Gasteiger partial charge in [0.05, 0.1) is 24.2 Å². The number of aliphatic hydroxyl groups is 1. The van der Waals surface area contributed by atoms with Crippen molar-refractivity contribution < 1.29 is 5.11 Å². The topological polar surface area (TPSA) is 38.0 Å². The Bertz CT molecular complexity index is 767. The van der Waals surface area contributed by atoms with Gasteiger partial charge in [-0.2, -0.15) is 0 Å². The molecule has 2 unspecified atom stereocenters. The van der Waals surface area contributed by atoms with Gasteiger partial charge in [-0.3, -0.25) is 0 Å². The fraction of sp³-hybridized carbons (Fsp3) is 0.292. The minimum Gasteiger partial charge on any atom is -0.390 e.